The maximum absolute atomic E-state index is 3.00. The minimum atomic E-state index is 1.03. The normalized spacial score (nSPS) is 10.0. The molecule has 0 fully saturated rings. The fraction of sp³-hybridized carbons (Fsp3) is 0.500. The van der Waals surface area contributed by atoms with Gasteiger partial charge in [0.25, 0.3) is 0 Å². The zero-order valence-corrected chi connectivity index (χ0v) is 7.38. The Kier molecular flexibility index (Phi) is 1.93. The van der Waals surface area contributed by atoms with Gasteiger partial charge in [-0.05, 0) is 0 Å². The molecule has 1 heterocycles. The predicted octanol–water partition coefficient (Wildman–Crippen LogP) is 0.547. The first-order chi connectivity index (χ1) is 4.25. The van der Waals surface area contributed by atoms with Gasteiger partial charge in [0.15, 0.2) is 0 Å². The molecule has 0 saturated carbocycles. The number of hydrogen-bond donors (Lipinski definition) is 0. The van der Waals surface area contributed by atoms with Crippen molar-refractivity contribution in [3.05, 3.63) is 16.7 Å². The van der Waals surface area contributed by atoms with Crippen LogP contribution in [0.25, 0.3) is 0 Å². The van der Waals surface area contributed by atoms with Crippen molar-refractivity contribution >= 4 is 15.6 Å². The molecule has 9 heavy (non-hydrogen) atoms. The van der Waals surface area contributed by atoms with Crippen LogP contribution in [0.2, 0.25) is 0 Å². The van der Waals surface area contributed by atoms with Crippen molar-refractivity contribution in [2.45, 2.75) is 13.5 Å². The number of aromatic nitrogens is 2. The first kappa shape index (κ1) is 6.84. The van der Waals surface area contributed by atoms with Gasteiger partial charge >= 0.3 is 61.9 Å². The maximum atomic E-state index is 3.00. The van der Waals surface area contributed by atoms with E-state index in [2.05, 4.69) is 37.8 Å². The van der Waals surface area contributed by atoms with E-state index in [1.54, 1.807) is 0 Å². The summed E-state index contributed by atoms with van der Waals surface area (Å²) in [6, 6.07) is 0. The topological polar surface area (TPSA) is 9.86 Å². The van der Waals surface area contributed by atoms with E-state index in [-0.39, 0.29) is 0 Å². The van der Waals surface area contributed by atoms with Gasteiger partial charge in [0, 0.05) is 0 Å². The summed E-state index contributed by atoms with van der Waals surface area (Å²) in [5, 5.41) is 0. The van der Waals surface area contributed by atoms with Crippen molar-refractivity contribution in [3.63, 3.8) is 0 Å². The average molecular weight is 189 g/mol. The van der Waals surface area contributed by atoms with Crippen LogP contribution < -0.4 is 0 Å². The van der Waals surface area contributed by atoms with Crippen molar-refractivity contribution in [2.24, 2.45) is 7.05 Å². The number of aryl methyl sites for hydroxylation is 2. The molecule has 0 N–H and O–H groups in total. The van der Waals surface area contributed by atoms with Crippen molar-refractivity contribution in [3.8, 4) is 0 Å². The Morgan fingerprint density at radius 1 is 1.56 bits per heavy atom. The molecule has 0 aliphatic carbocycles. The molecule has 0 aliphatic rings. The molecule has 2 nitrogen and oxygen atoms in total. The molecular formula is C6H10N2Se. The third kappa shape index (κ3) is 1.17. The Morgan fingerprint density at radius 2 is 2.22 bits per heavy atom. The molecule has 1 aromatic heterocycles. The molecule has 50 valence electrons. The zero-order valence-electron chi connectivity index (χ0n) is 5.66. The van der Waals surface area contributed by atoms with Gasteiger partial charge in [0.05, 0.1) is 0 Å². The number of rotatable bonds is 1. The van der Waals surface area contributed by atoms with Gasteiger partial charge in [0.1, 0.15) is 0 Å². The Morgan fingerprint density at radius 3 is 2.44 bits per heavy atom. The van der Waals surface area contributed by atoms with Gasteiger partial charge < -0.3 is 0 Å². The van der Waals surface area contributed by atoms with Crippen LogP contribution in [-0.4, -0.2) is 24.7 Å². The summed E-state index contributed by atoms with van der Waals surface area (Å²) in [7, 11) is 2.03. The molecular weight excluding hydrogens is 179 g/mol. The quantitative estimate of drug-likeness (QED) is 0.571. The summed E-state index contributed by atoms with van der Waals surface area (Å²) < 4.78 is 5.39. The van der Waals surface area contributed by atoms with Crippen molar-refractivity contribution in [1.82, 2.24) is 9.13 Å². The second-order valence-electron chi connectivity index (χ2n) is 1.98. The zero-order chi connectivity index (χ0) is 6.85. The van der Waals surface area contributed by atoms with Crippen LogP contribution in [0, 0.1) is 4.32 Å². The van der Waals surface area contributed by atoms with E-state index in [0.717, 1.165) is 6.54 Å². The van der Waals surface area contributed by atoms with E-state index in [4.69, 9.17) is 0 Å². The van der Waals surface area contributed by atoms with Crippen molar-refractivity contribution in [1.29, 1.82) is 0 Å². The Balaban J connectivity index is 3.20. The van der Waals surface area contributed by atoms with Crippen LogP contribution in [0.1, 0.15) is 6.92 Å². The van der Waals surface area contributed by atoms with Gasteiger partial charge in [0.2, 0.25) is 0 Å². The van der Waals surface area contributed by atoms with E-state index >= 15 is 0 Å². The third-order valence-electron chi connectivity index (χ3n) is 1.36. The van der Waals surface area contributed by atoms with E-state index in [9.17, 15) is 0 Å². The second kappa shape index (κ2) is 2.54. The molecule has 0 saturated heterocycles. The fourth-order valence-corrected chi connectivity index (χ4v) is 1.28. The van der Waals surface area contributed by atoms with Gasteiger partial charge in [-0.3, -0.25) is 0 Å². The van der Waals surface area contributed by atoms with E-state index in [0.29, 0.717) is 0 Å². The standard InChI is InChI=1S/C6H10N2Se/c1-3-8-5-4-7(2)6(8)9/h4-5H,3H2,1-2H3. The summed E-state index contributed by atoms with van der Waals surface area (Å²) in [5.41, 5.74) is 0. The van der Waals surface area contributed by atoms with Crippen LogP contribution in [0.3, 0.4) is 0 Å². The Labute approximate surface area is 62.5 Å². The van der Waals surface area contributed by atoms with Gasteiger partial charge in [-0.1, -0.05) is 0 Å². The number of hydrogen-bond acceptors (Lipinski definition) is 0. The van der Waals surface area contributed by atoms with Crippen LogP contribution in [0.15, 0.2) is 12.4 Å². The van der Waals surface area contributed by atoms with Crippen LogP contribution in [0.4, 0.5) is 0 Å². The van der Waals surface area contributed by atoms with Crippen molar-refractivity contribution < 1.29 is 0 Å². The first-order valence-corrected chi connectivity index (χ1v) is 3.83. The second-order valence-corrected chi connectivity index (χ2v) is 2.74. The summed E-state index contributed by atoms with van der Waals surface area (Å²) in [6.45, 7) is 3.16. The average Bonchev–Trinajstić information content (AvgIpc) is 2.15. The van der Waals surface area contributed by atoms with Crippen molar-refractivity contribution in [2.75, 3.05) is 0 Å². The molecule has 0 bridgehead atoms. The molecule has 3 heteroatoms. The SMILES string of the molecule is CCn1ccn(C)c1=[Se]. The van der Waals surface area contributed by atoms with E-state index < -0.39 is 0 Å². The van der Waals surface area contributed by atoms with Gasteiger partial charge in [-0.2, -0.15) is 0 Å². The molecule has 0 radical (unpaired) electrons. The summed E-state index contributed by atoms with van der Waals surface area (Å²) in [5.74, 6) is 0. The monoisotopic (exact) mass is 190 g/mol. The third-order valence-corrected chi connectivity index (χ3v) is 2.45. The van der Waals surface area contributed by atoms with E-state index in [1.165, 1.54) is 4.32 Å². The summed E-state index contributed by atoms with van der Waals surface area (Å²) in [6.07, 6.45) is 4.10. The van der Waals surface area contributed by atoms with Crippen LogP contribution in [0.5, 0.6) is 0 Å². The molecule has 0 atom stereocenters. The van der Waals surface area contributed by atoms with E-state index in [1.807, 2.05) is 13.2 Å². The first-order valence-electron chi connectivity index (χ1n) is 2.97. The molecule has 0 amide bonds. The number of imidazole rings is 1. The summed E-state index contributed by atoms with van der Waals surface area (Å²) in [4.78, 5) is 0. The van der Waals surface area contributed by atoms with Gasteiger partial charge in [-0.25, -0.2) is 0 Å². The van der Waals surface area contributed by atoms with Gasteiger partial charge in [-0.15, -0.1) is 0 Å². The van der Waals surface area contributed by atoms with Crippen LogP contribution >= 0.6 is 0 Å². The molecule has 1 aromatic rings. The summed E-state index contributed by atoms with van der Waals surface area (Å²) >= 11 is 3.00. The molecule has 0 aromatic carbocycles. The molecule has 1 rings (SSSR count). The minimum absolute atomic E-state index is 1.03. The molecule has 0 aliphatic heterocycles. The Hall–Kier alpha value is -0.271. The fourth-order valence-electron chi connectivity index (χ4n) is 0.751. The Bertz CT molecular complexity index is 246. The molecule has 0 unspecified atom stereocenters. The predicted molar refractivity (Wildman–Crippen MR) is 38.1 cm³/mol. The molecule has 0 spiro atoms. The number of nitrogens with zero attached hydrogens (tertiary/aromatic N) is 2. The van der Waals surface area contributed by atoms with Crippen LogP contribution in [-0.2, 0) is 13.6 Å².